The van der Waals surface area contributed by atoms with E-state index < -0.39 is 57.9 Å². The van der Waals surface area contributed by atoms with Crippen LogP contribution < -0.4 is 4.74 Å². The summed E-state index contributed by atoms with van der Waals surface area (Å²) in [6, 6.07) is 12.8. The number of carbonyl (C=O) groups excluding carboxylic acids is 2. The quantitative estimate of drug-likeness (QED) is 0.0734. The molecule has 11 heteroatoms. The van der Waals surface area contributed by atoms with E-state index in [1.807, 2.05) is 0 Å². The van der Waals surface area contributed by atoms with E-state index >= 15 is 4.39 Å². The summed E-state index contributed by atoms with van der Waals surface area (Å²) in [6.45, 7) is 6.26. The average Bonchev–Trinajstić information content (AvgIpc) is 2.94. The fourth-order valence-corrected chi connectivity index (χ4v) is 3.67. The largest absolute Gasteiger partial charge is 0.449 e. The first kappa shape index (κ1) is 28.8. The molecule has 0 aliphatic carbocycles. The van der Waals surface area contributed by atoms with E-state index in [4.69, 9.17) is 4.74 Å². The summed E-state index contributed by atoms with van der Waals surface area (Å²) in [4.78, 5) is 33.8. The number of esters is 2. The molecule has 0 unspecified atom stereocenters. The maximum atomic E-state index is 15.6. The number of allylic oxidation sites excluding steroid dienone is 2. The van der Waals surface area contributed by atoms with Crippen molar-refractivity contribution in [2.45, 2.75) is 12.6 Å². The van der Waals surface area contributed by atoms with Crippen molar-refractivity contribution in [3.63, 3.8) is 0 Å². The Hall–Kier alpha value is -5.19. The van der Waals surface area contributed by atoms with E-state index in [0.717, 1.165) is 29.8 Å². The molecule has 0 amide bonds. The van der Waals surface area contributed by atoms with Gasteiger partial charge in [-0.1, -0.05) is 43.0 Å². The van der Waals surface area contributed by atoms with Crippen LogP contribution in [0.2, 0.25) is 0 Å². The Morgan fingerprint density at radius 2 is 1.54 bits per heavy atom. The first-order chi connectivity index (χ1) is 19.5. The molecule has 0 atom stereocenters. The van der Waals surface area contributed by atoms with Crippen LogP contribution in [0.5, 0.6) is 5.75 Å². The minimum Gasteiger partial charge on any atom is -0.420 e. The van der Waals surface area contributed by atoms with Gasteiger partial charge in [0.1, 0.15) is 5.82 Å². The van der Waals surface area contributed by atoms with Crippen molar-refractivity contribution >= 4 is 11.9 Å². The zero-order chi connectivity index (χ0) is 29.7. The lowest BCUT2D eigenvalue weighted by Crippen LogP contribution is -2.19. The molecule has 4 rings (SSSR count). The number of benzene rings is 3. The van der Waals surface area contributed by atoms with Crippen molar-refractivity contribution in [1.82, 2.24) is 9.97 Å². The minimum atomic E-state index is -5.06. The molecule has 0 saturated carbocycles. The van der Waals surface area contributed by atoms with E-state index in [9.17, 15) is 27.2 Å². The summed E-state index contributed by atoms with van der Waals surface area (Å²) >= 11 is 0. The molecular formula is C30H19F5N2O4. The maximum absolute atomic E-state index is 15.6. The van der Waals surface area contributed by atoms with Crippen molar-refractivity contribution in [3.05, 3.63) is 126 Å². The molecule has 0 spiro atoms. The van der Waals surface area contributed by atoms with Gasteiger partial charge in [-0.05, 0) is 47.9 Å². The van der Waals surface area contributed by atoms with Crippen LogP contribution in [0.15, 0.2) is 98.1 Å². The van der Waals surface area contributed by atoms with E-state index in [2.05, 4.69) is 27.9 Å². The number of carbonyl (C=O) groups is 2. The number of halogens is 5. The van der Waals surface area contributed by atoms with Crippen LogP contribution in [0.3, 0.4) is 0 Å². The SMILES string of the molecule is C=CCc1cnc(-c2ccc(OC(=O)c3ccc(C(=O)OC(=C)C(F)(F)F)c(F)c3-c3ccccc3)c(F)c2)nc1. The first-order valence-corrected chi connectivity index (χ1v) is 11.8. The van der Waals surface area contributed by atoms with Gasteiger partial charge < -0.3 is 9.47 Å². The smallest absolute Gasteiger partial charge is 0.420 e. The van der Waals surface area contributed by atoms with Crippen molar-refractivity contribution in [3.8, 4) is 28.3 Å². The lowest BCUT2D eigenvalue weighted by Gasteiger charge is -2.15. The molecule has 0 bridgehead atoms. The third kappa shape index (κ3) is 6.52. The zero-order valence-electron chi connectivity index (χ0n) is 21.0. The van der Waals surface area contributed by atoms with Gasteiger partial charge in [-0.3, -0.25) is 0 Å². The van der Waals surface area contributed by atoms with Gasteiger partial charge in [0, 0.05) is 23.5 Å². The van der Waals surface area contributed by atoms with Gasteiger partial charge >= 0.3 is 18.1 Å². The highest BCUT2D eigenvalue weighted by atomic mass is 19.4. The van der Waals surface area contributed by atoms with E-state index in [0.29, 0.717) is 12.0 Å². The third-order valence-electron chi connectivity index (χ3n) is 5.65. The predicted octanol–water partition coefficient (Wildman–Crippen LogP) is 7.27. The Balaban J connectivity index is 1.65. The van der Waals surface area contributed by atoms with Gasteiger partial charge in [0.25, 0.3) is 0 Å². The van der Waals surface area contributed by atoms with Crippen molar-refractivity contribution in [1.29, 1.82) is 0 Å². The van der Waals surface area contributed by atoms with Crippen LogP contribution in [0, 0.1) is 11.6 Å². The summed E-state index contributed by atoms with van der Waals surface area (Å²) in [6.07, 6.45) is 0.307. The van der Waals surface area contributed by atoms with E-state index in [1.54, 1.807) is 24.5 Å². The fourth-order valence-electron chi connectivity index (χ4n) is 3.67. The van der Waals surface area contributed by atoms with Gasteiger partial charge in [0.05, 0.1) is 11.1 Å². The number of ether oxygens (including phenoxy) is 2. The molecule has 4 aromatic rings. The number of hydrogen-bond donors (Lipinski definition) is 0. The lowest BCUT2D eigenvalue weighted by molar-refractivity contribution is -0.122. The Morgan fingerprint density at radius 1 is 0.878 bits per heavy atom. The van der Waals surface area contributed by atoms with Crippen molar-refractivity contribution in [2.75, 3.05) is 0 Å². The van der Waals surface area contributed by atoms with Crippen LogP contribution in [-0.4, -0.2) is 28.1 Å². The predicted molar refractivity (Wildman–Crippen MR) is 139 cm³/mol. The molecular weight excluding hydrogens is 547 g/mol. The second kappa shape index (κ2) is 11.9. The molecule has 0 fully saturated rings. The standard InChI is InChI=1S/C30H19F5N2O4/c1-3-7-18-15-36-27(37-16-18)20-10-13-24(23(31)14-20)41-28(38)21-11-12-22(29(39)40-17(2)30(33,34)35)26(32)25(21)19-8-5-4-6-9-19/h3-6,8-16H,1-2,7H2. The van der Waals surface area contributed by atoms with E-state index in [-0.39, 0.29) is 11.4 Å². The molecule has 1 aromatic heterocycles. The molecule has 6 nitrogen and oxygen atoms in total. The number of nitrogens with zero attached hydrogens (tertiary/aromatic N) is 2. The van der Waals surface area contributed by atoms with Gasteiger partial charge in [-0.2, -0.15) is 13.2 Å². The van der Waals surface area contributed by atoms with Crippen LogP contribution >= 0.6 is 0 Å². The first-order valence-electron chi connectivity index (χ1n) is 11.8. The molecule has 0 N–H and O–H groups in total. The highest BCUT2D eigenvalue weighted by Gasteiger charge is 2.36. The Morgan fingerprint density at radius 3 is 2.15 bits per heavy atom. The van der Waals surface area contributed by atoms with Gasteiger partial charge in [0.2, 0.25) is 5.76 Å². The normalized spacial score (nSPS) is 11.0. The molecule has 0 saturated heterocycles. The Kier molecular flexibility index (Phi) is 8.37. The summed E-state index contributed by atoms with van der Waals surface area (Å²) in [5, 5.41) is 0. The number of alkyl halides is 3. The number of hydrogen-bond acceptors (Lipinski definition) is 6. The molecule has 41 heavy (non-hydrogen) atoms. The Bertz CT molecular complexity index is 1640. The molecule has 1 heterocycles. The summed E-state index contributed by atoms with van der Waals surface area (Å²) in [5.74, 6) is -7.28. The molecule has 0 radical (unpaired) electrons. The second-order valence-corrected chi connectivity index (χ2v) is 8.47. The van der Waals surface area contributed by atoms with Crippen LogP contribution in [0.1, 0.15) is 26.3 Å². The monoisotopic (exact) mass is 566 g/mol. The van der Waals surface area contributed by atoms with E-state index in [1.165, 1.54) is 30.3 Å². The van der Waals surface area contributed by atoms with Gasteiger partial charge in [0.15, 0.2) is 17.4 Å². The van der Waals surface area contributed by atoms with Crippen molar-refractivity contribution < 1.29 is 41.0 Å². The minimum absolute atomic E-state index is 0.0918. The summed E-state index contributed by atoms with van der Waals surface area (Å²) < 4.78 is 78.2. The van der Waals surface area contributed by atoms with Gasteiger partial charge in [-0.25, -0.2) is 28.3 Å². The van der Waals surface area contributed by atoms with Crippen LogP contribution in [-0.2, 0) is 11.2 Å². The van der Waals surface area contributed by atoms with Crippen LogP contribution in [0.4, 0.5) is 22.0 Å². The molecule has 3 aromatic carbocycles. The second-order valence-electron chi connectivity index (χ2n) is 8.47. The zero-order valence-corrected chi connectivity index (χ0v) is 21.0. The highest BCUT2D eigenvalue weighted by molar-refractivity contribution is 6.01. The van der Waals surface area contributed by atoms with Crippen LogP contribution in [0.25, 0.3) is 22.5 Å². The summed E-state index contributed by atoms with van der Waals surface area (Å²) in [5.41, 5.74) is -0.584. The Labute approximate surface area is 230 Å². The number of rotatable bonds is 8. The maximum Gasteiger partial charge on any atom is 0.449 e. The molecule has 0 aliphatic heterocycles. The lowest BCUT2D eigenvalue weighted by atomic mass is 9.96. The fraction of sp³-hybridized carbons (Fsp3) is 0.0667. The molecule has 0 aliphatic rings. The third-order valence-corrected chi connectivity index (χ3v) is 5.65. The topological polar surface area (TPSA) is 78.4 Å². The average molecular weight is 566 g/mol. The number of aromatic nitrogens is 2. The van der Waals surface area contributed by atoms with Crippen molar-refractivity contribution in [2.24, 2.45) is 0 Å². The highest BCUT2D eigenvalue weighted by Crippen LogP contribution is 2.33. The van der Waals surface area contributed by atoms with Gasteiger partial charge in [-0.15, -0.1) is 6.58 Å². The molecule has 208 valence electrons. The summed E-state index contributed by atoms with van der Waals surface area (Å²) in [7, 11) is 0.